The number of pyridine rings is 1. The predicted molar refractivity (Wildman–Crippen MR) is 119 cm³/mol. The molecule has 4 fully saturated rings. The number of carbonyl (C=O) groups excluding carboxylic acids is 1. The van der Waals surface area contributed by atoms with Crippen LogP contribution in [0.5, 0.6) is 0 Å². The summed E-state index contributed by atoms with van der Waals surface area (Å²) in [7, 11) is 1.73. The topological polar surface area (TPSA) is 45.6 Å². The molecule has 1 aromatic rings. The number of rotatable bonds is 3. The fourth-order valence-electron chi connectivity index (χ4n) is 7.07. The molecular formula is C25H37N3O2. The molecule has 5 heteroatoms. The SMILES string of the molecule is Cn1cc(C(=O)N2C[C@H]3C[C@@H](C2)[C@H](CC2CCCCC2)N2CCCC[C@@H]32)ccc1=O. The quantitative estimate of drug-likeness (QED) is 0.762. The lowest BCUT2D eigenvalue weighted by atomic mass is 9.69. The van der Waals surface area contributed by atoms with E-state index in [1.807, 2.05) is 0 Å². The minimum Gasteiger partial charge on any atom is -0.338 e. The molecule has 0 spiro atoms. The van der Waals surface area contributed by atoms with Crippen LogP contribution in [0.2, 0.25) is 0 Å². The third-order valence-electron chi connectivity index (χ3n) is 8.54. The maximum Gasteiger partial charge on any atom is 0.255 e. The van der Waals surface area contributed by atoms with Crippen LogP contribution in [-0.4, -0.2) is 52.0 Å². The summed E-state index contributed by atoms with van der Waals surface area (Å²) in [5.41, 5.74) is 0.592. The molecule has 2 bridgehead atoms. The van der Waals surface area contributed by atoms with Crippen molar-refractivity contribution < 1.29 is 4.79 Å². The molecule has 1 saturated carbocycles. The molecule has 0 aromatic carbocycles. The maximum absolute atomic E-state index is 13.3. The number of amides is 1. The van der Waals surface area contributed by atoms with Gasteiger partial charge in [-0.3, -0.25) is 14.5 Å². The van der Waals surface area contributed by atoms with Crippen molar-refractivity contribution >= 4 is 5.91 Å². The van der Waals surface area contributed by atoms with E-state index in [1.54, 1.807) is 19.3 Å². The van der Waals surface area contributed by atoms with Gasteiger partial charge in [-0.25, -0.2) is 0 Å². The highest BCUT2D eigenvalue weighted by Crippen LogP contribution is 2.44. The second-order valence-electron chi connectivity index (χ2n) is 10.4. The van der Waals surface area contributed by atoms with E-state index in [0.717, 1.165) is 19.0 Å². The van der Waals surface area contributed by atoms with Crippen LogP contribution in [0.1, 0.15) is 74.6 Å². The molecular weight excluding hydrogens is 374 g/mol. The lowest BCUT2D eigenvalue weighted by molar-refractivity contribution is -0.0725. The van der Waals surface area contributed by atoms with E-state index in [0.29, 0.717) is 29.5 Å². The zero-order chi connectivity index (χ0) is 20.7. The third-order valence-corrected chi connectivity index (χ3v) is 8.54. The Morgan fingerprint density at radius 1 is 1.00 bits per heavy atom. The Morgan fingerprint density at radius 3 is 2.57 bits per heavy atom. The van der Waals surface area contributed by atoms with Gasteiger partial charge in [0.15, 0.2) is 0 Å². The van der Waals surface area contributed by atoms with Gasteiger partial charge in [-0.15, -0.1) is 0 Å². The average Bonchev–Trinajstić information content (AvgIpc) is 2.78. The molecule has 1 amide bonds. The monoisotopic (exact) mass is 411 g/mol. The standard InChI is InChI=1S/C25H37N3O2/c1-26-15-19(10-11-24(26)29)25(30)27-16-20-14-21(17-27)23(13-18-7-3-2-4-8-18)28-12-6-5-9-22(20)28/h10-11,15,18,20-23H,2-9,12-14,16-17H2,1H3/t20-,21+,22+,23+/m1/s1. The van der Waals surface area contributed by atoms with Gasteiger partial charge in [0.05, 0.1) is 5.56 Å². The first-order valence-corrected chi connectivity index (χ1v) is 12.3. The highest BCUT2D eigenvalue weighted by molar-refractivity contribution is 5.94. The number of fused-ring (bicyclic) bond motifs is 4. The molecule has 0 radical (unpaired) electrons. The molecule has 4 aliphatic rings. The van der Waals surface area contributed by atoms with Crippen molar-refractivity contribution in [1.82, 2.24) is 14.4 Å². The van der Waals surface area contributed by atoms with Gasteiger partial charge in [-0.2, -0.15) is 0 Å². The van der Waals surface area contributed by atoms with Crippen molar-refractivity contribution in [3.05, 3.63) is 34.2 Å². The zero-order valence-corrected chi connectivity index (χ0v) is 18.5. The smallest absolute Gasteiger partial charge is 0.255 e. The minimum atomic E-state index is -0.0625. The molecule has 30 heavy (non-hydrogen) atoms. The normalized spacial score (nSPS) is 32.6. The number of nitrogens with zero attached hydrogens (tertiary/aromatic N) is 3. The number of hydrogen-bond donors (Lipinski definition) is 0. The number of likely N-dealkylation sites (tertiary alicyclic amines) is 1. The van der Waals surface area contributed by atoms with Crippen molar-refractivity contribution in [2.75, 3.05) is 19.6 Å². The number of carbonyl (C=O) groups is 1. The Hall–Kier alpha value is -1.62. The summed E-state index contributed by atoms with van der Waals surface area (Å²) >= 11 is 0. The van der Waals surface area contributed by atoms with E-state index >= 15 is 0 Å². The van der Waals surface area contributed by atoms with Gasteiger partial charge in [0.2, 0.25) is 5.56 Å². The van der Waals surface area contributed by atoms with Crippen molar-refractivity contribution in [2.45, 2.75) is 76.3 Å². The molecule has 3 aliphatic heterocycles. The van der Waals surface area contributed by atoms with Gasteiger partial charge in [-0.05, 0) is 56.0 Å². The van der Waals surface area contributed by atoms with Crippen LogP contribution in [0, 0.1) is 17.8 Å². The molecule has 1 aliphatic carbocycles. The lowest BCUT2D eigenvalue weighted by Crippen LogP contribution is -2.64. The molecule has 3 saturated heterocycles. The van der Waals surface area contributed by atoms with Crippen LogP contribution >= 0.6 is 0 Å². The Labute approximate surface area is 180 Å². The van der Waals surface area contributed by atoms with Gasteiger partial charge < -0.3 is 9.47 Å². The molecule has 0 unspecified atom stereocenters. The second kappa shape index (κ2) is 8.49. The molecule has 5 nitrogen and oxygen atoms in total. The van der Waals surface area contributed by atoms with Crippen LogP contribution in [0.3, 0.4) is 0 Å². The van der Waals surface area contributed by atoms with Crippen LogP contribution < -0.4 is 5.56 Å². The van der Waals surface area contributed by atoms with Crippen LogP contribution in [-0.2, 0) is 7.05 Å². The summed E-state index contributed by atoms with van der Waals surface area (Å²) in [6.07, 6.45) is 15.4. The van der Waals surface area contributed by atoms with Crippen LogP contribution in [0.4, 0.5) is 0 Å². The molecule has 0 N–H and O–H groups in total. The Morgan fingerprint density at radius 2 is 1.77 bits per heavy atom. The summed E-state index contributed by atoms with van der Waals surface area (Å²) in [6, 6.07) is 4.55. The summed E-state index contributed by atoms with van der Waals surface area (Å²) in [5, 5.41) is 0. The van der Waals surface area contributed by atoms with Gasteiger partial charge in [0.25, 0.3) is 5.91 Å². The fraction of sp³-hybridized carbons (Fsp3) is 0.760. The summed E-state index contributed by atoms with van der Waals surface area (Å²) in [5.74, 6) is 2.22. The predicted octanol–water partition coefficient (Wildman–Crippen LogP) is 3.67. The van der Waals surface area contributed by atoms with Crippen molar-refractivity contribution in [3.63, 3.8) is 0 Å². The maximum atomic E-state index is 13.3. The van der Waals surface area contributed by atoms with Crippen molar-refractivity contribution in [2.24, 2.45) is 24.8 Å². The number of hydrogen-bond acceptors (Lipinski definition) is 3. The van der Waals surface area contributed by atoms with Crippen LogP contribution in [0.15, 0.2) is 23.1 Å². The Bertz CT molecular complexity index is 828. The Balaban J connectivity index is 1.37. The molecule has 1 aromatic heterocycles. The summed E-state index contributed by atoms with van der Waals surface area (Å²) in [4.78, 5) is 30.1. The van der Waals surface area contributed by atoms with Gasteiger partial charge in [-0.1, -0.05) is 38.5 Å². The Kier molecular flexibility index (Phi) is 5.74. The summed E-state index contributed by atoms with van der Waals surface area (Å²) in [6.45, 7) is 3.04. The van der Waals surface area contributed by atoms with E-state index in [9.17, 15) is 9.59 Å². The number of aromatic nitrogens is 1. The number of aryl methyl sites for hydroxylation is 1. The van der Waals surface area contributed by atoms with E-state index in [4.69, 9.17) is 0 Å². The fourth-order valence-corrected chi connectivity index (χ4v) is 7.07. The number of piperidine rings is 3. The van der Waals surface area contributed by atoms with E-state index < -0.39 is 0 Å². The molecule has 164 valence electrons. The molecule has 4 heterocycles. The van der Waals surface area contributed by atoms with Gasteiger partial charge in [0, 0.05) is 44.5 Å². The zero-order valence-electron chi connectivity index (χ0n) is 18.5. The second-order valence-corrected chi connectivity index (χ2v) is 10.4. The third kappa shape index (κ3) is 3.86. The van der Waals surface area contributed by atoms with Gasteiger partial charge >= 0.3 is 0 Å². The first kappa shape index (κ1) is 20.3. The van der Waals surface area contributed by atoms with Gasteiger partial charge in [0.1, 0.15) is 0 Å². The van der Waals surface area contributed by atoms with Crippen molar-refractivity contribution in [1.29, 1.82) is 0 Å². The van der Waals surface area contributed by atoms with E-state index in [-0.39, 0.29) is 11.5 Å². The average molecular weight is 412 g/mol. The van der Waals surface area contributed by atoms with E-state index in [1.165, 1.54) is 81.4 Å². The molecule has 5 rings (SSSR count). The summed E-state index contributed by atoms with van der Waals surface area (Å²) < 4.78 is 1.52. The lowest BCUT2D eigenvalue weighted by Gasteiger charge is -2.57. The van der Waals surface area contributed by atoms with Crippen molar-refractivity contribution in [3.8, 4) is 0 Å². The highest BCUT2D eigenvalue weighted by Gasteiger charge is 2.48. The first-order valence-electron chi connectivity index (χ1n) is 12.3. The van der Waals surface area contributed by atoms with Crippen LogP contribution in [0.25, 0.3) is 0 Å². The molecule has 4 atom stereocenters. The minimum absolute atomic E-state index is 0.0625. The highest BCUT2D eigenvalue weighted by atomic mass is 16.2. The largest absolute Gasteiger partial charge is 0.338 e. The van der Waals surface area contributed by atoms with E-state index in [2.05, 4.69) is 9.80 Å². The first-order chi connectivity index (χ1) is 14.6.